The number of aryl methyl sites for hydroxylation is 1. The van der Waals surface area contributed by atoms with Crippen molar-refractivity contribution in [2.24, 2.45) is 5.92 Å². The fraction of sp³-hybridized carbons (Fsp3) is 0.767. The average Bonchev–Trinajstić information content (AvgIpc) is 3.49. The third kappa shape index (κ3) is 12.1. The Morgan fingerprint density at radius 3 is 2.59 bits per heavy atom. The summed E-state index contributed by atoms with van der Waals surface area (Å²) in [5.41, 5.74) is 6.92. The van der Waals surface area contributed by atoms with Gasteiger partial charge in [0.25, 0.3) is 0 Å². The maximum atomic E-state index is 10.6. The molecule has 2 aliphatic rings. The molecule has 0 spiro atoms. The van der Waals surface area contributed by atoms with Crippen molar-refractivity contribution < 1.29 is 15.0 Å². The van der Waals surface area contributed by atoms with E-state index < -0.39 is 12.2 Å². The molecule has 1 saturated carbocycles. The van der Waals surface area contributed by atoms with Crippen LogP contribution < -0.4 is 31.9 Å². The van der Waals surface area contributed by atoms with Crippen molar-refractivity contribution in [1.82, 2.24) is 40.9 Å². The number of aliphatic hydroxyl groups excluding tert-OH is 1. The number of unbranched alkanes of at least 4 members (excludes halogenated alkanes) is 1. The van der Waals surface area contributed by atoms with Crippen molar-refractivity contribution in [2.45, 2.75) is 102 Å². The number of carboxylic acids is 1. The highest BCUT2D eigenvalue weighted by Gasteiger charge is 2.26. The minimum Gasteiger partial charge on any atom is -0.481 e. The topological polar surface area (TPSA) is 191 Å². The predicted octanol–water partition coefficient (Wildman–Crippen LogP) is 1.93. The highest BCUT2D eigenvalue weighted by molar-refractivity contribution is 5.66. The van der Waals surface area contributed by atoms with Crippen LogP contribution in [-0.4, -0.2) is 92.7 Å². The number of aromatic nitrogens is 5. The smallest absolute Gasteiger partial charge is 0.303 e. The number of piperidine rings is 1. The quantitative estimate of drug-likeness (QED) is 0.0845. The summed E-state index contributed by atoms with van der Waals surface area (Å²) in [5, 5.41) is 41.4. The van der Waals surface area contributed by atoms with E-state index in [4.69, 9.17) is 10.8 Å². The summed E-state index contributed by atoms with van der Waals surface area (Å²) >= 11 is 0. The number of nitrogens with one attached hydrogen (secondary N) is 4. The molecule has 1 aliphatic carbocycles. The first-order valence-electron chi connectivity index (χ1n) is 16.6. The van der Waals surface area contributed by atoms with E-state index in [2.05, 4.69) is 46.4 Å². The zero-order valence-corrected chi connectivity index (χ0v) is 26.1. The first-order valence-corrected chi connectivity index (χ1v) is 16.6. The highest BCUT2D eigenvalue weighted by atomic mass is 16.4. The lowest BCUT2D eigenvalue weighted by atomic mass is 9.95. The fourth-order valence-corrected chi connectivity index (χ4v) is 5.97. The van der Waals surface area contributed by atoms with Crippen molar-refractivity contribution in [1.29, 1.82) is 0 Å². The van der Waals surface area contributed by atoms with Crippen LogP contribution in [0.25, 0.3) is 0 Å². The minimum atomic E-state index is -0.785. The van der Waals surface area contributed by atoms with E-state index in [1.165, 1.54) is 32.1 Å². The van der Waals surface area contributed by atoms with Gasteiger partial charge < -0.3 is 36.8 Å². The maximum absolute atomic E-state index is 10.6. The molecule has 4 rings (SSSR count). The average molecular weight is 616 g/mol. The number of nitrogen functional groups attached to an aromatic ring is 1. The molecule has 1 unspecified atom stereocenters. The summed E-state index contributed by atoms with van der Waals surface area (Å²) in [4.78, 5) is 21.8. The molecule has 8 N–H and O–H groups in total. The summed E-state index contributed by atoms with van der Waals surface area (Å²) < 4.78 is 1.87. The molecule has 2 aromatic rings. The van der Waals surface area contributed by atoms with Crippen LogP contribution in [0, 0.1) is 5.92 Å². The number of carboxylic acid groups (broad SMARTS) is 1. The minimum absolute atomic E-state index is 0.133. The van der Waals surface area contributed by atoms with Crippen LogP contribution in [0.2, 0.25) is 0 Å². The lowest BCUT2D eigenvalue weighted by Gasteiger charge is -2.35. The van der Waals surface area contributed by atoms with Crippen molar-refractivity contribution >= 4 is 23.6 Å². The zero-order valence-electron chi connectivity index (χ0n) is 26.1. The summed E-state index contributed by atoms with van der Waals surface area (Å²) in [6.07, 6.45) is 13.4. The number of hydrogen-bond donors (Lipinski definition) is 7. The number of carbonyl (C=O) groups is 1. The lowest BCUT2D eigenvalue weighted by Crippen LogP contribution is -2.44. The van der Waals surface area contributed by atoms with E-state index in [9.17, 15) is 9.90 Å². The number of anilines is 3. The van der Waals surface area contributed by atoms with Gasteiger partial charge in [-0.1, -0.05) is 24.5 Å². The Hall–Kier alpha value is -3.07. The summed E-state index contributed by atoms with van der Waals surface area (Å²) in [7, 11) is 0. The molecular weight excluding hydrogens is 562 g/mol. The van der Waals surface area contributed by atoms with Gasteiger partial charge in [0, 0.05) is 44.1 Å². The second kappa shape index (κ2) is 18.7. The molecule has 246 valence electrons. The van der Waals surface area contributed by atoms with Crippen molar-refractivity contribution in [3.8, 4) is 0 Å². The fourth-order valence-electron chi connectivity index (χ4n) is 5.97. The van der Waals surface area contributed by atoms with Crippen molar-refractivity contribution in [2.75, 3.05) is 55.2 Å². The Balaban J connectivity index is 1.10. The lowest BCUT2D eigenvalue weighted by molar-refractivity contribution is -0.137. The molecule has 14 nitrogen and oxygen atoms in total. The first kappa shape index (κ1) is 33.8. The third-order valence-electron chi connectivity index (χ3n) is 8.54. The number of nitrogens with zero attached hydrogens (tertiary/aromatic N) is 6. The molecule has 1 saturated heterocycles. The molecule has 2 fully saturated rings. The van der Waals surface area contributed by atoms with Gasteiger partial charge in [-0.3, -0.25) is 14.8 Å². The van der Waals surface area contributed by atoms with E-state index in [1.54, 1.807) is 6.07 Å². The van der Waals surface area contributed by atoms with Crippen LogP contribution >= 0.6 is 0 Å². The highest BCUT2D eigenvalue weighted by Crippen LogP contribution is 2.25. The monoisotopic (exact) mass is 615 g/mol. The number of aliphatic hydroxyl groups is 1. The largest absolute Gasteiger partial charge is 0.481 e. The predicted molar refractivity (Wildman–Crippen MR) is 171 cm³/mol. The molecule has 2 aromatic heterocycles. The molecule has 3 heterocycles. The van der Waals surface area contributed by atoms with E-state index >= 15 is 0 Å². The van der Waals surface area contributed by atoms with E-state index in [-0.39, 0.29) is 12.3 Å². The standard InChI is InChI=1S/C30H53N11O3/c31-26-20-27(40-18-11-23(12-19-40)29(44)34-15-5-4-10-28(42)43)37-30(36-26)35-21-25-22-41(39-38-25)17-7-14-32-13-6-16-33-24-8-2-1-3-9-24/h20,22-24,29,32-34,44H,1-19,21H2,(H,42,43)(H3,31,35,36,37). The van der Waals surface area contributed by atoms with Gasteiger partial charge in [-0.05, 0) is 77.5 Å². The Kier molecular flexibility index (Phi) is 14.3. The summed E-state index contributed by atoms with van der Waals surface area (Å²) in [6, 6.07) is 2.51. The zero-order chi connectivity index (χ0) is 31.0. The number of aliphatic carboxylic acids is 1. The Morgan fingerprint density at radius 1 is 1.00 bits per heavy atom. The van der Waals surface area contributed by atoms with Crippen LogP contribution in [0.4, 0.5) is 17.6 Å². The van der Waals surface area contributed by atoms with Gasteiger partial charge in [-0.15, -0.1) is 5.10 Å². The number of nitrogens with two attached hydrogens (primary N) is 1. The molecule has 0 amide bonds. The van der Waals surface area contributed by atoms with E-state index in [0.29, 0.717) is 31.3 Å². The molecule has 0 bridgehead atoms. The van der Waals surface area contributed by atoms with Gasteiger partial charge >= 0.3 is 5.97 Å². The number of rotatable bonds is 20. The Labute approximate surface area is 261 Å². The molecule has 14 heteroatoms. The van der Waals surface area contributed by atoms with Gasteiger partial charge in [-0.2, -0.15) is 9.97 Å². The Bertz CT molecular complexity index is 1100. The van der Waals surface area contributed by atoms with Crippen LogP contribution in [-0.2, 0) is 17.9 Å². The molecule has 44 heavy (non-hydrogen) atoms. The molecule has 1 atom stereocenters. The van der Waals surface area contributed by atoms with Crippen molar-refractivity contribution in [3.05, 3.63) is 18.0 Å². The number of hydrogen-bond acceptors (Lipinski definition) is 12. The van der Waals surface area contributed by atoms with Gasteiger partial charge in [0.1, 0.15) is 23.6 Å². The van der Waals surface area contributed by atoms with Gasteiger partial charge in [0.15, 0.2) is 0 Å². The SMILES string of the molecule is Nc1cc(N2CCC(C(O)NCCCCC(=O)O)CC2)nc(NCc2cn(CCCNCCCNC3CCCCC3)nn2)n1. The third-order valence-corrected chi connectivity index (χ3v) is 8.54. The molecule has 1 aliphatic heterocycles. The second-order valence-corrected chi connectivity index (χ2v) is 12.1. The molecule has 0 radical (unpaired) electrons. The van der Waals surface area contributed by atoms with Crippen molar-refractivity contribution in [3.63, 3.8) is 0 Å². The van der Waals surface area contributed by atoms with Crippen LogP contribution in [0.15, 0.2) is 12.3 Å². The van der Waals surface area contributed by atoms with Crippen LogP contribution in [0.1, 0.15) is 82.7 Å². The van der Waals surface area contributed by atoms with Crippen LogP contribution in [0.5, 0.6) is 0 Å². The van der Waals surface area contributed by atoms with Gasteiger partial charge in [0.2, 0.25) is 5.95 Å². The molecular formula is C30H53N11O3. The van der Waals surface area contributed by atoms with Gasteiger partial charge in [0.05, 0.1) is 12.7 Å². The second-order valence-electron chi connectivity index (χ2n) is 12.1. The van der Waals surface area contributed by atoms with E-state index in [1.807, 2.05) is 10.9 Å². The summed E-state index contributed by atoms with van der Waals surface area (Å²) in [6.45, 7) is 6.44. The van der Waals surface area contributed by atoms with E-state index in [0.717, 1.165) is 88.9 Å². The normalized spacial score (nSPS) is 17.2. The Morgan fingerprint density at radius 2 is 1.80 bits per heavy atom. The summed E-state index contributed by atoms with van der Waals surface area (Å²) in [5.74, 6) is 0.946. The first-order chi connectivity index (χ1) is 21.5. The maximum Gasteiger partial charge on any atom is 0.303 e. The van der Waals surface area contributed by atoms with Gasteiger partial charge in [-0.25, -0.2) is 0 Å². The molecule has 0 aromatic carbocycles. The van der Waals surface area contributed by atoms with Crippen LogP contribution in [0.3, 0.4) is 0 Å².